The minimum Gasteiger partial charge on any atom is -0.507 e. The number of likely N-dealkylation sites (tertiary alicyclic amines) is 1. The van der Waals surface area contributed by atoms with Crippen molar-refractivity contribution in [3.05, 3.63) is 76.8 Å². The average Bonchev–Trinajstić information content (AvgIpc) is 3.50. The molecule has 1 aliphatic heterocycles. The fourth-order valence-corrected chi connectivity index (χ4v) is 4.87. The van der Waals surface area contributed by atoms with Crippen molar-refractivity contribution in [1.29, 1.82) is 0 Å². The summed E-state index contributed by atoms with van der Waals surface area (Å²) >= 11 is 0. The summed E-state index contributed by atoms with van der Waals surface area (Å²) in [7, 11) is 1.26. The smallest absolute Gasteiger partial charge is 0.410 e. The highest BCUT2D eigenvalue weighted by molar-refractivity contribution is 5.94. The van der Waals surface area contributed by atoms with E-state index in [1.807, 2.05) is 51.1 Å². The lowest BCUT2D eigenvalue weighted by molar-refractivity contribution is 0.0288. The van der Waals surface area contributed by atoms with E-state index >= 15 is 0 Å². The molecular formula is C29H30N4O6. The van der Waals surface area contributed by atoms with Gasteiger partial charge in [-0.1, -0.05) is 18.2 Å². The molecule has 0 saturated carbocycles. The van der Waals surface area contributed by atoms with Crippen molar-refractivity contribution in [1.82, 2.24) is 19.0 Å². The summed E-state index contributed by atoms with van der Waals surface area (Å²) in [4.78, 5) is 44.5. The van der Waals surface area contributed by atoms with Crippen LogP contribution < -0.4 is 5.69 Å². The van der Waals surface area contributed by atoms with E-state index in [9.17, 15) is 19.5 Å². The molecule has 1 saturated heterocycles. The summed E-state index contributed by atoms with van der Waals surface area (Å²) in [6.45, 7) is 6.32. The first kappa shape index (κ1) is 26.0. The number of aromatic hydroxyl groups is 1. The fourth-order valence-electron chi connectivity index (χ4n) is 4.87. The maximum Gasteiger partial charge on any atom is 0.410 e. The van der Waals surface area contributed by atoms with Crippen LogP contribution in [0.4, 0.5) is 4.79 Å². The van der Waals surface area contributed by atoms with Gasteiger partial charge in [-0.15, -0.1) is 0 Å². The Morgan fingerprint density at radius 2 is 1.77 bits per heavy atom. The molecule has 0 bridgehead atoms. The lowest BCUT2D eigenvalue weighted by Crippen LogP contribution is -2.36. The number of phenols is 1. The fraction of sp³-hybridized carbons (Fsp3) is 0.310. The third-order valence-electron chi connectivity index (χ3n) is 6.67. The zero-order valence-corrected chi connectivity index (χ0v) is 22.2. The second-order valence-corrected chi connectivity index (χ2v) is 10.5. The molecule has 1 amide bonds. The predicted octanol–water partition coefficient (Wildman–Crippen LogP) is 4.53. The topological polar surface area (TPSA) is 116 Å². The molecule has 39 heavy (non-hydrogen) atoms. The number of rotatable bonds is 4. The molecule has 2 aromatic heterocycles. The molecule has 4 aromatic rings. The summed E-state index contributed by atoms with van der Waals surface area (Å²) in [5.41, 5.74) is 2.58. The number of imidazole rings is 1. The zero-order chi connectivity index (χ0) is 27.9. The number of fused-ring (bicyclic) bond motifs is 1. The third-order valence-corrected chi connectivity index (χ3v) is 6.67. The number of nitrogens with zero attached hydrogens (tertiary/aromatic N) is 4. The number of benzene rings is 2. The predicted molar refractivity (Wildman–Crippen MR) is 145 cm³/mol. The first-order valence-electron chi connectivity index (χ1n) is 12.7. The van der Waals surface area contributed by atoms with Crippen LogP contribution in [-0.2, 0) is 9.47 Å². The van der Waals surface area contributed by atoms with Gasteiger partial charge < -0.3 is 19.5 Å². The number of phenolic OH excluding ortho intramolecular Hbond substituents is 1. The average molecular weight is 531 g/mol. The third kappa shape index (κ3) is 4.97. The first-order chi connectivity index (χ1) is 18.6. The number of methoxy groups -OCH3 is 1. The lowest BCUT2D eigenvalue weighted by Gasteiger charge is -2.24. The molecule has 1 fully saturated rings. The number of aromatic nitrogens is 3. The van der Waals surface area contributed by atoms with Gasteiger partial charge in [0, 0.05) is 19.3 Å². The van der Waals surface area contributed by atoms with E-state index in [-0.39, 0.29) is 23.0 Å². The number of pyridine rings is 1. The maximum absolute atomic E-state index is 13.8. The second-order valence-electron chi connectivity index (χ2n) is 10.5. The monoisotopic (exact) mass is 530 g/mol. The van der Waals surface area contributed by atoms with Crippen LogP contribution in [0.25, 0.3) is 28.0 Å². The van der Waals surface area contributed by atoms with Crippen LogP contribution in [0.5, 0.6) is 5.75 Å². The summed E-state index contributed by atoms with van der Waals surface area (Å²) < 4.78 is 13.5. The van der Waals surface area contributed by atoms with Crippen molar-refractivity contribution in [2.45, 2.75) is 38.8 Å². The largest absolute Gasteiger partial charge is 0.507 e. The van der Waals surface area contributed by atoms with Gasteiger partial charge in [0.2, 0.25) is 0 Å². The van der Waals surface area contributed by atoms with E-state index in [0.717, 1.165) is 5.56 Å². The van der Waals surface area contributed by atoms with E-state index in [1.54, 1.807) is 38.4 Å². The van der Waals surface area contributed by atoms with Gasteiger partial charge in [-0.05, 0) is 74.7 Å². The van der Waals surface area contributed by atoms with Crippen LogP contribution in [0.15, 0.2) is 65.6 Å². The van der Waals surface area contributed by atoms with Crippen LogP contribution in [0.2, 0.25) is 0 Å². The molecule has 0 radical (unpaired) electrons. The molecule has 0 aliphatic carbocycles. The van der Waals surface area contributed by atoms with E-state index in [0.29, 0.717) is 41.9 Å². The molecule has 0 spiro atoms. The highest BCUT2D eigenvalue weighted by atomic mass is 16.6. The van der Waals surface area contributed by atoms with Gasteiger partial charge in [-0.25, -0.2) is 19.4 Å². The van der Waals surface area contributed by atoms with Gasteiger partial charge >= 0.3 is 17.8 Å². The highest BCUT2D eigenvalue weighted by Gasteiger charge is 2.33. The summed E-state index contributed by atoms with van der Waals surface area (Å²) in [6, 6.07) is 15.4. The zero-order valence-electron chi connectivity index (χ0n) is 22.2. The molecule has 3 heterocycles. The number of carbonyl (C=O) groups is 2. The van der Waals surface area contributed by atoms with Crippen molar-refractivity contribution >= 4 is 23.2 Å². The van der Waals surface area contributed by atoms with Gasteiger partial charge in [0.15, 0.2) is 5.65 Å². The van der Waals surface area contributed by atoms with Crippen LogP contribution in [0.3, 0.4) is 0 Å². The highest BCUT2D eigenvalue weighted by Crippen LogP contribution is 2.29. The number of amides is 1. The molecule has 10 nitrogen and oxygen atoms in total. The van der Waals surface area contributed by atoms with Crippen LogP contribution in [0.1, 0.15) is 43.6 Å². The van der Waals surface area contributed by atoms with Gasteiger partial charge in [-0.2, -0.15) is 0 Å². The molecular weight excluding hydrogens is 500 g/mol. The van der Waals surface area contributed by atoms with Crippen LogP contribution in [0, 0.1) is 0 Å². The Kier molecular flexibility index (Phi) is 6.63. The van der Waals surface area contributed by atoms with E-state index in [1.165, 1.54) is 13.2 Å². The minimum atomic E-state index is -0.630. The lowest BCUT2D eigenvalue weighted by atomic mass is 10.0. The number of ether oxygens (including phenoxy) is 2. The quantitative estimate of drug-likeness (QED) is 0.386. The summed E-state index contributed by atoms with van der Waals surface area (Å²) in [5, 5.41) is 10.0. The van der Waals surface area contributed by atoms with Crippen molar-refractivity contribution in [3.8, 4) is 22.6 Å². The van der Waals surface area contributed by atoms with Gasteiger partial charge in [0.25, 0.3) is 0 Å². The Hall–Kier alpha value is -4.60. The number of carbonyl (C=O) groups excluding carboxylic acids is 2. The molecule has 1 N–H and O–H groups in total. The molecule has 2 aromatic carbocycles. The summed E-state index contributed by atoms with van der Waals surface area (Å²) in [6.07, 6.45) is 1.86. The van der Waals surface area contributed by atoms with Gasteiger partial charge in [0.1, 0.15) is 16.9 Å². The van der Waals surface area contributed by atoms with E-state index in [2.05, 4.69) is 4.98 Å². The van der Waals surface area contributed by atoms with Gasteiger partial charge in [-0.3, -0.25) is 9.13 Å². The van der Waals surface area contributed by atoms with Crippen LogP contribution in [-0.4, -0.2) is 62.0 Å². The summed E-state index contributed by atoms with van der Waals surface area (Å²) in [5.74, 6) is -0.791. The van der Waals surface area contributed by atoms with E-state index in [4.69, 9.17) is 9.47 Å². The normalized spacial score (nSPS) is 15.5. The number of hydrogen-bond acceptors (Lipinski definition) is 7. The van der Waals surface area contributed by atoms with Crippen molar-refractivity contribution in [3.63, 3.8) is 0 Å². The Bertz CT molecular complexity index is 1610. The molecule has 1 aliphatic rings. The Morgan fingerprint density at radius 3 is 2.46 bits per heavy atom. The van der Waals surface area contributed by atoms with Crippen molar-refractivity contribution in [2.24, 2.45) is 0 Å². The van der Waals surface area contributed by atoms with Crippen LogP contribution >= 0.6 is 0 Å². The first-order valence-corrected chi connectivity index (χ1v) is 12.7. The molecule has 1 atom stereocenters. The standard InChI is InChI=1S/C29H30N4O6/c1-29(2,3)39-28(37)31-15-13-21(17-31)33-25-23(6-5-14-30-25)32(27(33)36)20-10-7-18(8-11-20)19-9-12-24(34)22(16-19)26(35)38-4/h5-12,14,16,21,34H,13,15,17H2,1-4H3/t21-/m0/s1. The molecule has 202 valence electrons. The molecule has 10 heteroatoms. The SMILES string of the molecule is COC(=O)c1cc(-c2ccc(-n3c(=O)n([C@H]4CCN(C(=O)OC(C)(C)C)C4)c4ncccc43)cc2)ccc1O. The Morgan fingerprint density at radius 1 is 1.05 bits per heavy atom. The Balaban J connectivity index is 1.48. The van der Waals surface area contributed by atoms with Crippen molar-refractivity contribution < 1.29 is 24.2 Å². The number of hydrogen-bond donors (Lipinski definition) is 1. The number of esters is 1. The molecule has 0 unspecified atom stereocenters. The second kappa shape index (κ2) is 9.94. The maximum atomic E-state index is 13.8. The van der Waals surface area contributed by atoms with Crippen molar-refractivity contribution in [2.75, 3.05) is 20.2 Å². The Labute approximate surface area is 225 Å². The van der Waals surface area contributed by atoms with E-state index < -0.39 is 17.7 Å². The minimum absolute atomic E-state index is 0.0708. The van der Waals surface area contributed by atoms with Gasteiger partial charge in [0.05, 0.1) is 24.4 Å². The molecule has 5 rings (SSSR count).